The van der Waals surface area contributed by atoms with Crippen molar-refractivity contribution in [3.63, 3.8) is 0 Å². The number of hydrogen-bond acceptors (Lipinski definition) is 4. The van der Waals surface area contributed by atoms with E-state index in [1.54, 1.807) is 29.2 Å². The number of nitrogens with zero attached hydrogens (tertiary/aromatic N) is 2. The molecule has 26 heavy (non-hydrogen) atoms. The van der Waals surface area contributed by atoms with Gasteiger partial charge in [-0.1, -0.05) is 29.8 Å². The highest BCUT2D eigenvalue weighted by Crippen LogP contribution is 2.22. The van der Waals surface area contributed by atoms with Crippen molar-refractivity contribution < 1.29 is 14.5 Å². The Bertz CT molecular complexity index is 857. The minimum Gasteiger partial charge on any atom is -0.347 e. The number of likely N-dealkylation sites (tertiary alicyclic amines) is 1. The van der Waals surface area contributed by atoms with Crippen molar-refractivity contribution in [2.75, 3.05) is 13.1 Å². The number of carbonyl (C=O) groups is 2. The molecule has 1 heterocycles. The van der Waals surface area contributed by atoms with Gasteiger partial charge in [0, 0.05) is 36.8 Å². The van der Waals surface area contributed by atoms with Crippen molar-refractivity contribution in [3.8, 4) is 0 Å². The van der Waals surface area contributed by atoms with Gasteiger partial charge in [-0.25, -0.2) is 0 Å². The van der Waals surface area contributed by atoms with E-state index in [1.807, 2.05) is 6.07 Å². The summed E-state index contributed by atoms with van der Waals surface area (Å²) < 4.78 is 0. The van der Waals surface area contributed by atoms with Gasteiger partial charge in [0.25, 0.3) is 17.5 Å². The second kappa shape index (κ2) is 7.53. The molecule has 1 fully saturated rings. The Morgan fingerprint density at radius 2 is 1.92 bits per heavy atom. The van der Waals surface area contributed by atoms with E-state index < -0.39 is 10.8 Å². The number of halogens is 1. The van der Waals surface area contributed by atoms with Gasteiger partial charge in [0.05, 0.1) is 15.5 Å². The highest BCUT2D eigenvalue weighted by Gasteiger charge is 2.28. The summed E-state index contributed by atoms with van der Waals surface area (Å²) in [4.78, 5) is 36.8. The molecule has 0 bridgehead atoms. The fraction of sp³-hybridized carbons (Fsp3) is 0.222. The molecule has 7 nitrogen and oxygen atoms in total. The predicted molar refractivity (Wildman–Crippen MR) is 96.3 cm³/mol. The summed E-state index contributed by atoms with van der Waals surface area (Å²) in [7, 11) is 0. The molecular formula is C18H16ClN3O4. The lowest BCUT2D eigenvalue weighted by molar-refractivity contribution is -0.384. The van der Waals surface area contributed by atoms with Gasteiger partial charge in [0.15, 0.2) is 0 Å². The first-order valence-corrected chi connectivity index (χ1v) is 8.42. The summed E-state index contributed by atoms with van der Waals surface area (Å²) in [6.07, 6.45) is 0.608. The Hall–Kier alpha value is -2.93. The molecule has 2 amide bonds. The lowest BCUT2D eigenvalue weighted by Crippen LogP contribution is -2.38. The van der Waals surface area contributed by atoms with Crippen LogP contribution in [0.1, 0.15) is 27.1 Å². The normalized spacial score (nSPS) is 16.3. The van der Waals surface area contributed by atoms with Gasteiger partial charge in [-0.05, 0) is 24.6 Å². The van der Waals surface area contributed by atoms with Crippen LogP contribution in [0.3, 0.4) is 0 Å². The molecule has 1 saturated heterocycles. The third kappa shape index (κ3) is 3.83. The van der Waals surface area contributed by atoms with Crippen LogP contribution in [0.25, 0.3) is 0 Å². The summed E-state index contributed by atoms with van der Waals surface area (Å²) in [6.45, 7) is 0.910. The van der Waals surface area contributed by atoms with Crippen LogP contribution in [-0.2, 0) is 0 Å². The molecule has 1 atom stereocenters. The highest BCUT2D eigenvalue weighted by atomic mass is 35.5. The van der Waals surface area contributed by atoms with Crippen LogP contribution < -0.4 is 5.32 Å². The van der Waals surface area contributed by atoms with Gasteiger partial charge < -0.3 is 10.2 Å². The van der Waals surface area contributed by atoms with Crippen molar-refractivity contribution in [3.05, 3.63) is 74.8 Å². The number of rotatable bonds is 4. The third-order valence-corrected chi connectivity index (χ3v) is 4.57. The quantitative estimate of drug-likeness (QED) is 0.658. The minimum atomic E-state index is -0.580. The first-order valence-electron chi connectivity index (χ1n) is 8.05. The van der Waals surface area contributed by atoms with Gasteiger partial charge in [-0.15, -0.1) is 0 Å². The molecule has 1 N–H and O–H groups in total. The number of nitro benzene ring substituents is 1. The monoisotopic (exact) mass is 373 g/mol. The topological polar surface area (TPSA) is 92.6 Å². The molecule has 0 saturated carbocycles. The van der Waals surface area contributed by atoms with Gasteiger partial charge in [-0.3, -0.25) is 19.7 Å². The average Bonchev–Trinajstić information content (AvgIpc) is 3.10. The first-order chi connectivity index (χ1) is 12.5. The van der Waals surface area contributed by atoms with Crippen LogP contribution in [-0.4, -0.2) is 40.8 Å². The second-order valence-corrected chi connectivity index (χ2v) is 6.40. The van der Waals surface area contributed by atoms with Crippen molar-refractivity contribution in [2.24, 2.45) is 0 Å². The van der Waals surface area contributed by atoms with Crippen molar-refractivity contribution in [2.45, 2.75) is 12.5 Å². The molecule has 8 heteroatoms. The van der Waals surface area contributed by atoms with Crippen molar-refractivity contribution in [1.82, 2.24) is 10.2 Å². The molecule has 0 aromatic heterocycles. The minimum absolute atomic E-state index is 0.0497. The van der Waals surface area contributed by atoms with E-state index in [9.17, 15) is 19.7 Å². The van der Waals surface area contributed by atoms with E-state index in [-0.39, 0.29) is 28.2 Å². The van der Waals surface area contributed by atoms with Crippen LogP contribution in [0.2, 0.25) is 5.02 Å². The number of benzene rings is 2. The van der Waals surface area contributed by atoms with Crippen LogP contribution in [0.5, 0.6) is 0 Å². The van der Waals surface area contributed by atoms with E-state index in [0.717, 1.165) is 6.07 Å². The molecule has 1 aliphatic heterocycles. The number of carbonyl (C=O) groups excluding carboxylic acids is 2. The molecule has 2 aromatic carbocycles. The number of hydrogen-bond donors (Lipinski definition) is 1. The Labute approximate surface area is 154 Å². The van der Waals surface area contributed by atoms with E-state index in [0.29, 0.717) is 25.1 Å². The molecule has 0 aliphatic carbocycles. The Kier molecular flexibility index (Phi) is 5.18. The standard InChI is InChI=1S/C18H16ClN3O4/c19-16-7-6-14(22(25)26)10-15(16)17(23)20-13-8-9-21(11-13)18(24)12-4-2-1-3-5-12/h1-7,10,13H,8-9,11H2,(H,20,23). The molecule has 0 spiro atoms. The van der Waals surface area contributed by atoms with E-state index in [2.05, 4.69) is 5.32 Å². The average molecular weight is 374 g/mol. The van der Waals surface area contributed by atoms with E-state index >= 15 is 0 Å². The Morgan fingerprint density at radius 1 is 1.19 bits per heavy atom. The van der Waals surface area contributed by atoms with Crippen molar-refractivity contribution >= 4 is 29.1 Å². The SMILES string of the molecule is O=C(NC1CCN(C(=O)c2ccccc2)C1)c1cc([N+](=O)[O-])ccc1Cl. The van der Waals surface area contributed by atoms with E-state index in [1.165, 1.54) is 12.1 Å². The lowest BCUT2D eigenvalue weighted by atomic mass is 10.1. The summed E-state index contributed by atoms with van der Waals surface area (Å²) in [5.41, 5.74) is 0.446. The fourth-order valence-electron chi connectivity index (χ4n) is 2.89. The smallest absolute Gasteiger partial charge is 0.270 e. The maximum Gasteiger partial charge on any atom is 0.270 e. The number of nitro groups is 1. The third-order valence-electron chi connectivity index (χ3n) is 4.24. The van der Waals surface area contributed by atoms with Crippen LogP contribution in [0.15, 0.2) is 48.5 Å². The van der Waals surface area contributed by atoms with Gasteiger partial charge in [0.2, 0.25) is 0 Å². The molecule has 1 aliphatic rings. The largest absolute Gasteiger partial charge is 0.347 e. The Balaban J connectivity index is 1.66. The number of non-ortho nitro benzene ring substituents is 1. The van der Waals surface area contributed by atoms with Crippen LogP contribution in [0, 0.1) is 10.1 Å². The molecule has 1 unspecified atom stereocenters. The zero-order valence-electron chi connectivity index (χ0n) is 13.7. The van der Waals surface area contributed by atoms with Crippen LogP contribution in [0.4, 0.5) is 5.69 Å². The summed E-state index contributed by atoms with van der Waals surface area (Å²) >= 11 is 5.99. The first kappa shape index (κ1) is 17.9. The zero-order valence-corrected chi connectivity index (χ0v) is 14.5. The lowest BCUT2D eigenvalue weighted by Gasteiger charge is -2.17. The van der Waals surface area contributed by atoms with Crippen LogP contribution >= 0.6 is 11.6 Å². The molecule has 3 rings (SSSR count). The second-order valence-electron chi connectivity index (χ2n) is 6.00. The summed E-state index contributed by atoms with van der Waals surface area (Å²) in [6, 6.07) is 12.4. The fourth-order valence-corrected chi connectivity index (χ4v) is 3.09. The zero-order chi connectivity index (χ0) is 18.7. The Morgan fingerprint density at radius 3 is 2.62 bits per heavy atom. The van der Waals surface area contributed by atoms with Crippen molar-refractivity contribution in [1.29, 1.82) is 0 Å². The predicted octanol–water partition coefficient (Wildman–Crippen LogP) is 2.89. The molecule has 134 valence electrons. The van der Waals surface area contributed by atoms with Gasteiger partial charge in [0.1, 0.15) is 0 Å². The van der Waals surface area contributed by atoms with Gasteiger partial charge >= 0.3 is 0 Å². The number of nitrogens with one attached hydrogen (secondary N) is 1. The number of amides is 2. The highest BCUT2D eigenvalue weighted by molar-refractivity contribution is 6.34. The molecule has 2 aromatic rings. The summed E-state index contributed by atoms with van der Waals surface area (Å²) in [5.74, 6) is -0.576. The molecule has 0 radical (unpaired) electrons. The maximum atomic E-state index is 12.4. The maximum absolute atomic E-state index is 12.4. The summed E-state index contributed by atoms with van der Waals surface area (Å²) in [5, 5.41) is 13.8. The van der Waals surface area contributed by atoms with Gasteiger partial charge in [-0.2, -0.15) is 0 Å². The van der Waals surface area contributed by atoms with E-state index in [4.69, 9.17) is 11.6 Å². The molecular weight excluding hydrogens is 358 g/mol.